The molecule has 1 heterocycles. The SMILES string of the molecule is CCCc1ccc(S(=O)(=O)N2CCCC2CCCBr)cc1. The predicted molar refractivity (Wildman–Crippen MR) is 90.4 cm³/mol. The average Bonchev–Trinajstić information content (AvgIpc) is 2.95. The van der Waals surface area contributed by atoms with Gasteiger partial charge in [0.2, 0.25) is 10.0 Å². The van der Waals surface area contributed by atoms with Crippen molar-refractivity contribution in [1.29, 1.82) is 0 Å². The summed E-state index contributed by atoms with van der Waals surface area (Å²) in [6, 6.07) is 7.59. The van der Waals surface area contributed by atoms with Crippen molar-refractivity contribution in [2.75, 3.05) is 11.9 Å². The van der Waals surface area contributed by atoms with E-state index in [4.69, 9.17) is 0 Å². The number of rotatable bonds is 7. The van der Waals surface area contributed by atoms with Crippen LogP contribution in [0.5, 0.6) is 0 Å². The van der Waals surface area contributed by atoms with Crippen molar-refractivity contribution >= 4 is 26.0 Å². The van der Waals surface area contributed by atoms with E-state index < -0.39 is 10.0 Å². The number of hydrogen-bond acceptors (Lipinski definition) is 2. The van der Waals surface area contributed by atoms with Gasteiger partial charge in [0.1, 0.15) is 0 Å². The Bertz CT molecular complexity index is 542. The molecule has 2 rings (SSSR count). The van der Waals surface area contributed by atoms with Crippen molar-refractivity contribution in [2.24, 2.45) is 0 Å². The normalized spacial score (nSPS) is 20.0. The zero-order valence-corrected chi connectivity index (χ0v) is 15.0. The first kappa shape index (κ1) is 17.0. The lowest BCUT2D eigenvalue weighted by molar-refractivity contribution is 0.369. The maximum atomic E-state index is 12.8. The fourth-order valence-corrected chi connectivity index (χ4v) is 5.03. The summed E-state index contributed by atoms with van der Waals surface area (Å²) in [4.78, 5) is 0.438. The molecule has 1 aromatic carbocycles. The van der Waals surface area contributed by atoms with Crippen LogP contribution in [0.25, 0.3) is 0 Å². The summed E-state index contributed by atoms with van der Waals surface area (Å²) in [6.07, 6.45) is 6.00. The highest BCUT2D eigenvalue weighted by atomic mass is 79.9. The van der Waals surface area contributed by atoms with Crippen molar-refractivity contribution in [1.82, 2.24) is 4.31 Å². The Kier molecular flexibility index (Phi) is 6.26. The van der Waals surface area contributed by atoms with Crippen molar-refractivity contribution in [3.8, 4) is 0 Å². The third kappa shape index (κ3) is 4.08. The van der Waals surface area contributed by atoms with Gasteiger partial charge in [0.15, 0.2) is 0 Å². The van der Waals surface area contributed by atoms with Gasteiger partial charge in [-0.2, -0.15) is 4.31 Å². The molecule has 0 saturated carbocycles. The first-order valence-electron chi connectivity index (χ1n) is 7.76. The smallest absolute Gasteiger partial charge is 0.207 e. The van der Waals surface area contributed by atoms with E-state index in [1.807, 2.05) is 12.1 Å². The Morgan fingerprint density at radius 1 is 1.29 bits per heavy atom. The monoisotopic (exact) mass is 373 g/mol. The van der Waals surface area contributed by atoms with Gasteiger partial charge in [0.25, 0.3) is 0 Å². The zero-order valence-electron chi connectivity index (χ0n) is 12.6. The first-order chi connectivity index (χ1) is 10.1. The largest absolute Gasteiger partial charge is 0.243 e. The Hall–Kier alpha value is -0.390. The summed E-state index contributed by atoms with van der Waals surface area (Å²) in [7, 11) is -3.33. The summed E-state index contributed by atoms with van der Waals surface area (Å²) in [5, 5.41) is 0.934. The van der Waals surface area contributed by atoms with Crippen LogP contribution in [0.3, 0.4) is 0 Å². The topological polar surface area (TPSA) is 37.4 Å². The Balaban J connectivity index is 2.16. The van der Waals surface area contributed by atoms with Crippen LogP contribution < -0.4 is 0 Å². The average molecular weight is 374 g/mol. The molecule has 0 radical (unpaired) electrons. The van der Waals surface area contributed by atoms with Gasteiger partial charge >= 0.3 is 0 Å². The van der Waals surface area contributed by atoms with Crippen molar-refractivity contribution in [3.63, 3.8) is 0 Å². The summed E-state index contributed by atoms with van der Waals surface area (Å²) in [5.74, 6) is 0. The lowest BCUT2D eigenvalue weighted by atomic mass is 10.1. The molecule has 0 N–H and O–H groups in total. The summed E-state index contributed by atoms with van der Waals surface area (Å²) in [5.41, 5.74) is 1.20. The van der Waals surface area contributed by atoms with E-state index in [1.165, 1.54) is 5.56 Å². The van der Waals surface area contributed by atoms with Crippen molar-refractivity contribution < 1.29 is 8.42 Å². The molecule has 0 amide bonds. The summed E-state index contributed by atoms with van der Waals surface area (Å²) in [6.45, 7) is 2.79. The Labute approximate surface area is 136 Å². The van der Waals surface area contributed by atoms with E-state index in [9.17, 15) is 8.42 Å². The number of aryl methyl sites for hydroxylation is 1. The van der Waals surface area contributed by atoms with Gasteiger partial charge in [0, 0.05) is 17.9 Å². The third-order valence-corrected chi connectivity index (χ3v) is 6.59. The fraction of sp³-hybridized carbons (Fsp3) is 0.625. The predicted octanol–water partition coefficient (Wildman–Crippen LogP) is 3.97. The van der Waals surface area contributed by atoms with Gasteiger partial charge in [-0.15, -0.1) is 0 Å². The van der Waals surface area contributed by atoms with E-state index in [1.54, 1.807) is 16.4 Å². The molecule has 0 spiro atoms. The highest BCUT2D eigenvalue weighted by molar-refractivity contribution is 9.09. The van der Waals surface area contributed by atoms with E-state index in [-0.39, 0.29) is 6.04 Å². The molecule has 0 aliphatic carbocycles. The van der Waals surface area contributed by atoms with Crippen LogP contribution in [0.15, 0.2) is 29.2 Å². The number of nitrogens with zero attached hydrogens (tertiary/aromatic N) is 1. The number of halogens is 1. The van der Waals surface area contributed by atoms with Crippen molar-refractivity contribution in [3.05, 3.63) is 29.8 Å². The molecule has 1 aliphatic rings. The standard InChI is InChI=1S/C16H24BrNO2S/c1-2-5-14-8-10-16(11-9-14)21(19,20)18-13-4-7-15(18)6-3-12-17/h8-11,15H,2-7,12-13H2,1H3. The van der Waals surface area contributed by atoms with Crippen LogP contribution in [-0.4, -0.2) is 30.6 Å². The molecule has 1 saturated heterocycles. The molecular formula is C16H24BrNO2S. The molecule has 118 valence electrons. The minimum atomic E-state index is -3.33. The maximum absolute atomic E-state index is 12.8. The lowest BCUT2D eigenvalue weighted by Gasteiger charge is -2.24. The first-order valence-corrected chi connectivity index (χ1v) is 10.3. The number of hydrogen-bond donors (Lipinski definition) is 0. The highest BCUT2D eigenvalue weighted by Crippen LogP contribution is 2.28. The number of sulfonamides is 1. The molecule has 1 atom stereocenters. The summed E-state index contributed by atoms with van der Waals surface area (Å²) < 4.78 is 27.3. The van der Waals surface area contributed by atoms with Crippen molar-refractivity contribution in [2.45, 2.75) is 56.4 Å². The summed E-state index contributed by atoms with van der Waals surface area (Å²) >= 11 is 3.43. The van der Waals surface area contributed by atoms with Gasteiger partial charge < -0.3 is 0 Å². The molecule has 1 aromatic rings. The van der Waals surface area contributed by atoms with Crippen LogP contribution in [-0.2, 0) is 16.4 Å². The molecule has 1 aliphatic heterocycles. The third-order valence-electron chi connectivity index (χ3n) is 4.06. The Morgan fingerprint density at radius 2 is 2.00 bits per heavy atom. The maximum Gasteiger partial charge on any atom is 0.243 e. The van der Waals surface area contributed by atoms with Crippen LogP contribution >= 0.6 is 15.9 Å². The second-order valence-electron chi connectivity index (χ2n) is 5.64. The molecular weight excluding hydrogens is 350 g/mol. The number of alkyl halides is 1. The van der Waals surface area contributed by atoms with Gasteiger partial charge in [-0.1, -0.05) is 41.4 Å². The second-order valence-corrected chi connectivity index (χ2v) is 8.32. The minimum Gasteiger partial charge on any atom is -0.207 e. The van der Waals surface area contributed by atoms with Gasteiger partial charge in [0.05, 0.1) is 4.90 Å². The van der Waals surface area contributed by atoms with E-state index in [2.05, 4.69) is 22.9 Å². The lowest BCUT2D eigenvalue weighted by Crippen LogP contribution is -2.35. The molecule has 21 heavy (non-hydrogen) atoms. The molecule has 1 fully saturated rings. The van der Waals surface area contributed by atoms with Crippen LogP contribution in [0, 0.1) is 0 Å². The minimum absolute atomic E-state index is 0.169. The van der Waals surface area contributed by atoms with Crippen LogP contribution in [0.4, 0.5) is 0 Å². The highest BCUT2D eigenvalue weighted by Gasteiger charge is 2.34. The van der Waals surface area contributed by atoms with E-state index in [0.29, 0.717) is 11.4 Å². The quantitative estimate of drug-likeness (QED) is 0.678. The number of benzene rings is 1. The van der Waals surface area contributed by atoms with Gasteiger partial charge in [-0.05, 0) is 49.8 Å². The van der Waals surface area contributed by atoms with E-state index in [0.717, 1.165) is 43.9 Å². The molecule has 0 aromatic heterocycles. The zero-order chi connectivity index (χ0) is 15.3. The molecule has 0 bridgehead atoms. The fourth-order valence-electron chi connectivity index (χ4n) is 2.98. The molecule has 5 heteroatoms. The van der Waals surface area contributed by atoms with Gasteiger partial charge in [-0.25, -0.2) is 8.42 Å². The van der Waals surface area contributed by atoms with Crippen LogP contribution in [0.2, 0.25) is 0 Å². The van der Waals surface area contributed by atoms with Crippen LogP contribution in [0.1, 0.15) is 44.6 Å². The molecule has 3 nitrogen and oxygen atoms in total. The second kappa shape index (κ2) is 7.75. The van der Waals surface area contributed by atoms with E-state index >= 15 is 0 Å². The Morgan fingerprint density at radius 3 is 2.62 bits per heavy atom. The van der Waals surface area contributed by atoms with Gasteiger partial charge in [-0.3, -0.25) is 0 Å². The molecule has 1 unspecified atom stereocenters.